The lowest BCUT2D eigenvalue weighted by Gasteiger charge is -2.13. The SMILES string of the molecule is CCCC/C(C(=O)O)=C(\CC)Nc1ccccc1. The van der Waals surface area contributed by atoms with Crippen molar-refractivity contribution in [3.8, 4) is 0 Å². The second kappa shape index (κ2) is 7.54. The summed E-state index contributed by atoms with van der Waals surface area (Å²) >= 11 is 0. The Bertz CT molecular complexity index is 410. The molecule has 0 aliphatic heterocycles. The molecular formula is C15H21NO2. The van der Waals surface area contributed by atoms with E-state index in [0.29, 0.717) is 18.4 Å². The van der Waals surface area contributed by atoms with Crippen LogP contribution in [0, 0.1) is 0 Å². The number of carbonyl (C=O) groups is 1. The summed E-state index contributed by atoms with van der Waals surface area (Å²) in [5.74, 6) is -0.816. The number of allylic oxidation sites excluding steroid dienone is 1. The summed E-state index contributed by atoms with van der Waals surface area (Å²) in [6.45, 7) is 4.04. The minimum absolute atomic E-state index is 0.503. The Morgan fingerprint density at radius 1 is 1.22 bits per heavy atom. The molecule has 3 nitrogen and oxygen atoms in total. The van der Waals surface area contributed by atoms with Crippen LogP contribution in [-0.2, 0) is 4.79 Å². The summed E-state index contributed by atoms with van der Waals surface area (Å²) < 4.78 is 0. The monoisotopic (exact) mass is 247 g/mol. The molecule has 1 rings (SSSR count). The molecule has 0 amide bonds. The number of aliphatic carboxylic acids is 1. The number of carboxylic acid groups (broad SMARTS) is 1. The molecular weight excluding hydrogens is 226 g/mol. The highest BCUT2D eigenvalue weighted by Gasteiger charge is 2.12. The van der Waals surface area contributed by atoms with Crippen LogP contribution in [0.3, 0.4) is 0 Å². The molecule has 0 aliphatic rings. The number of nitrogens with one attached hydrogen (secondary N) is 1. The van der Waals surface area contributed by atoms with E-state index >= 15 is 0 Å². The van der Waals surface area contributed by atoms with E-state index in [1.165, 1.54) is 0 Å². The van der Waals surface area contributed by atoms with Crippen LogP contribution in [0.4, 0.5) is 5.69 Å². The molecule has 0 atom stereocenters. The molecule has 18 heavy (non-hydrogen) atoms. The Morgan fingerprint density at radius 3 is 2.39 bits per heavy atom. The van der Waals surface area contributed by atoms with E-state index in [1.807, 2.05) is 37.3 Å². The molecule has 0 saturated carbocycles. The van der Waals surface area contributed by atoms with Gasteiger partial charge in [0.05, 0.1) is 5.57 Å². The largest absolute Gasteiger partial charge is 0.478 e. The molecule has 0 heterocycles. The minimum atomic E-state index is -0.816. The third-order valence-electron chi connectivity index (χ3n) is 2.83. The standard InChI is InChI=1S/C15H21NO2/c1-3-5-11-13(15(17)18)14(4-2)16-12-9-7-6-8-10-12/h6-10,16H,3-5,11H2,1-2H3,(H,17,18)/b14-13-. The third-order valence-corrected chi connectivity index (χ3v) is 2.83. The van der Waals surface area contributed by atoms with Gasteiger partial charge in [0.2, 0.25) is 0 Å². The lowest BCUT2D eigenvalue weighted by atomic mass is 10.0. The van der Waals surface area contributed by atoms with Crippen molar-refractivity contribution in [1.29, 1.82) is 0 Å². The maximum absolute atomic E-state index is 11.3. The van der Waals surface area contributed by atoms with Gasteiger partial charge in [0.25, 0.3) is 0 Å². The highest BCUT2D eigenvalue weighted by molar-refractivity contribution is 5.88. The van der Waals surface area contributed by atoms with Gasteiger partial charge in [0.1, 0.15) is 0 Å². The van der Waals surface area contributed by atoms with Gasteiger partial charge in [-0.05, 0) is 31.4 Å². The lowest BCUT2D eigenvalue weighted by Crippen LogP contribution is -2.10. The smallest absolute Gasteiger partial charge is 0.333 e. The average molecular weight is 247 g/mol. The topological polar surface area (TPSA) is 49.3 Å². The van der Waals surface area contributed by atoms with Gasteiger partial charge in [0, 0.05) is 11.4 Å². The first-order valence-electron chi connectivity index (χ1n) is 6.46. The van der Waals surface area contributed by atoms with Gasteiger partial charge in [-0.2, -0.15) is 0 Å². The van der Waals surface area contributed by atoms with Gasteiger partial charge >= 0.3 is 5.97 Å². The van der Waals surface area contributed by atoms with Crippen LogP contribution in [0.15, 0.2) is 41.6 Å². The lowest BCUT2D eigenvalue weighted by molar-refractivity contribution is -0.132. The predicted molar refractivity (Wildman–Crippen MR) is 74.5 cm³/mol. The molecule has 0 spiro atoms. The second-order valence-corrected chi connectivity index (χ2v) is 4.21. The van der Waals surface area contributed by atoms with E-state index in [9.17, 15) is 9.90 Å². The number of unbranched alkanes of at least 4 members (excludes halogenated alkanes) is 1. The van der Waals surface area contributed by atoms with E-state index in [2.05, 4.69) is 12.2 Å². The summed E-state index contributed by atoms with van der Waals surface area (Å²) in [7, 11) is 0. The average Bonchev–Trinajstić information content (AvgIpc) is 2.38. The molecule has 0 aromatic heterocycles. The molecule has 0 fully saturated rings. The van der Waals surface area contributed by atoms with Crippen molar-refractivity contribution in [3.63, 3.8) is 0 Å². The van der Waals surface area contributed by atoms with Crippen molar-refractivity contribution in [2.75, 3.05) is 5.32 Å². The van der Waals surface area contributed by atoms with Crippen LogP contribution in [0.25, 0.3) is 0 Å². The van der Waals surface area contributed by atoms with Crippen LogP contribution in [-0.4, -0.2) is 11.1 Å². The van der Waals surface area contributed by atoms with Crippen molar-refractivity contribution < 1.29 is 9.90 Å². The van der Waals surface area contributed by atoms with Crippen molar-refractivity contribution >= 4 is 11.7 Å². The van der Waals surface area contributed by atoms with Gasteiger partial charge in [-0.3, -0.25) is 0 Å². The van der Waals surface area contributed by atoms with E-state index < -0.39 is 5.97 Å². The third kappa shape index (κ3) is 4.24. The van der Waals surface area contributed by atoms with Crippen molar-refractivity contribution in [3.05, 3.63) is 41.6 Å². The van der Waals surface area contributed by atoms with Gasteiger partial charge in [-0.15, -0.1) is 0 Å². The zero-order valence-electron chi connectivity index (χ0n) is 11.1. The molecule has 0 saturated heterocycles. The molecule has 0 unspecified atom stereocenters. The number of para-hydroxylation sites is 1. The Balaban J connectivity index is 2.92. The number of benzene rings is 1. The molecule has 3 heteroatoms. The van der Waals surface area contributed by atoms with Crippen LogP contribution in [0.1, 0.15) is 39.5 Å². The normalized spacial score (nSPS) is 11.9. The fraction of sp³-hybridized carbons (Fsp3) is 0.400. The van der Waals surface area contributed by atoms with E-state index in [1.54, 1.807) is 0 Å². The first-order chi connectivity index (χ1) is 8.69. The summed E-state index contributed by atoms with van der Waals surface area (Å²) in [5.41, 5.74) is 2.25. The molecule has 1 aromatic rings. The Labute approximate surface area is 109 Å². The summed E-state index contributed by atoms with van der Waals surface area (Å²) in [5, 5.41) is 12.5. The molecule has 2 N–H and O–H groups in total. The first kappa shape index (κ1) is 14.3. The Morgan fingerprint density at radius 2 is 1.89 bits per heavy atom. The zero-order chi connectivity index (χ0) is 13.4. The Kier molecular flexibility index (Phi) is 5.98. The fourth-order valence-electron chi connectivity index (χ4n) is 1.81. The first-order valence-corrected chi connectivity index (χ1v) is 6.46. The Hall–Kier alpha value is -1.77. The van der Waals surface area contributed by atoms with E-state index in [4.69, 9.17) is 0 Å². The van der Waals surface area contributed by atoms with Gasteiger partial charge in [0.15, 0.2) is 0 Å². The van der Waals surface area contributed by atoms with Gasteiger partial charge < -0.3 is 10.4 Å². The number of rotatable bonds is 7. The quantitative estimate of drug-likeness (QED) is 0.715. The summed E-state index contributed by atoms with van der Waals surface area (Å²) in [4.78, 5) is 11.3. The number of carboxylic acids is 1. The van der Waals surface area contributed by atoms with Crippen molar-refractivity contribution in [2.24, 2.45) is 0 Å². The van der Waals surface area contributed by atoms with Crippen molar-refractivity contribution in [2.45, 2.75) is 39.5 Å². The summed E-state index contributed by atoms with van der Waals surface area (Å²) in [6.07, 6.45) is 3.22. The van der Waals surface area contributed by atoms with Crippen LogP contribution < -0.4 is 5.32 Å². The van der Waals surface area contributed by atoms with Crippen molar-refractivity contribution in [1.82, 2.24) is 0 Å². The van der Waals surface area contributed by atoms with E-state index in [0.717, 1.165) is 24.2 Å². The zero-order valence-corrected chi connectivity index (χ0v) is 11.1. The van der Waals surface area contributed by atoms with Gasteiger partial charge in [-0.1, -0.05) is 38.5 Å². The highest BCUT2D eigenvalue weighted by Crippen LogP contribution is 2.19. The molecule has 1 aromatic carbocycles. The number of hydrogen-bond acceptors (Lipinski definition) is 2. The van der Waals surface area contributed by atoms with E-state index in [-0.39, 0.29) is 0 Å². The fourth-order valence-corrected chi connectivity index (χ4v) is 1.81. The van der Waals surface area contributed by atoms with Crippen LogP contribution in [0.2, 0.25) is 0 Å². The second-order valence-electron chi connectivity index (χ2n) is 4.21. The maximum atomic E-state index is 11.3. The minimum Gasteiger partial charge on any atom is -0.478 e. The highest BCUT2D eigenvalue weighted by atomic mass is 16.4. The van der Waals surface area contributed by atoms with Gasteiger partial charge in [-0.25, -0.2) is 4.79 Å². The van der Waals surface area contributed by atoms with Crippen LogP contribution >= 0.6 is 0 Å². The number of hydrogen-bond donors (Lipinski definition) is 2. The molecule has 0 bridgehead atoms. The molecule has 0 aliphatic carbocycles. The van der Waals surface area contributed by atoms with Crippen LogP contribution in [0.5, 0.6) is 0 Å². The molecule has 0 radical (unpaired) electrons. The molecule has 98 valence electrons. The number of anilines is 1. The summed E-state index contributed by atoms with van der Waals surface area (Å²) in [6, 6.07) is 9.68. The maximum Gasteiger partial charge on any atom is 0.333 e. The predicted octanol–water partition coefficient (Wildman–Crippen LogP) is 4.04.